The van der Waals surface area contributed by atoms with E-state index in [-0.39, 0.29) is 19.1 Å². The second-order valence-electron chi connectivity index (χ2n) is 22.6. The highest BCUT2D eigenvalue weighted by Gasteiger charge is 2.47. The number of hydrogen-bond donors (Lipinski definition) is 0. The van der Waals surface area contributed by atoms with Crippen LogP contribution in [-0.4, -0.2) is 13.4 Å². The molecule has 4 aliphatic rings. The molecule has 0 saturated carbocycles. The van der Waals surface area contributed by atoms with Crippen molar-refractivity contribution in [1.82, 2.24) is 0 Å². The van der Waals surface area contributed by atoms with Crippen LogP contribution < -0.4 is 47.5 Å². The maximum Gasteiger partial charge on any atom is 0.252 e. The quantitative estimate of drug-likeness (QED) is 0.133. The largest absolute Gasteiger partial charge is 0.311 e. The molecule has 0 unspecified atom stereocenters. The van der Waals surface area contributed by atoms with E-state index in [1.54, 1.807) is 11.8 Å². The second kappa shape index (κ2) is 20.9. The van der Waals surface area contributed by atoms with E-state index < -0.39 is 11.6 Å². The van der Waals surface area contributed by atoms with Crippen LogP contribution in [0.2, 0.25) is 0 Å². The van der Waals surface area contributed by atoms with E-state index in [9.17, 15) is 0 Å². The summed E-state index contributed by atoms with van der Waals surface area (Å²) in [7, 11) is 0. The molecule has 0 aromatic heterocycles. The first-order valence-corrected chi connectivity index (χ1v) is 31.0. The Morgan fingerprint density at radius 3 is 1.48 bits per heavy atom. The van der Waals surface area contributed by atoms with E-state index >= 15 is 8.78 Å². The van der Waals surface area contributed by atoms with Gasteiger partial charge in [-0.15, -0.1) is 0 Å². The predicted molar refractivity (Wildman–Crippen MR) is 363 cm³/mol. The van der Waals surface area contributed by atoms with Gasteiger partial charge in [0, 0.05) is 59.3 Å². The first-order valence-electron chi connectivity index (χ1n) is 29.4. The number of fused-ring (bicyclic) bond motifs is 8. The number of para-hydroxylation sites is 3. The lowest BCUT2D eigenvalue weighted by atomic mass is 9.31. The number of halogens is 2. The zero-order valence-electron chi connectivity index (χ0n) is 46.9. The normalized spacial score (nSPS) is 13.0. The maximum absolute atomic E-state index is 17.7. The fourth-order valence-corrected chi connectivity index (χ4v) is 16.4. The molecule has 13 aromatic carbocycles. The molecule has 4 heterocycles. The molecular formula is C78H49B2F2N3S2. The summed E-state index contributed by atoms with van der Waals surface area (Å²) in [5, 5.41) is 0. The predicted octanol–water partition coefficient (Wildman–Crippen LogP) is 17.6. The number of rotatable bonds is 9. The zero-order valence-corrected chi connectivity index (χ0v) is 48.5. The van der Waals surface area contributed by atoms with Gasteiger partial charge < -0.3 is 14.7 Å². The van der Waals surface area contributed by atoms with Crippen LogP contribution in [0, 0.1) is 11.6 Å². The van der Waals surface area contributed by atoms with E-state index in [0.29, 0.717) is 5.69 Å². The Morgan fingerprint density at radius 2 is 0.793 bits per heavy atom. The third-order valence-electron chi connectivity index (χ3n) is 17.7. The Hall–Kier alpha value is -10.1. The molecule has 0 fully saturated rings. The van der Waals surface area contributed by atoms with E-state index in [4.69, 9.17) is 0 Å². The number of nitrogens with zero attached hydrogens (tertiary/aromatic N) is 3. The molecule has 0 amide bonds. The third-order valence-corrected chi connectivity index (χ3v) is 19.9. The molecule has 87 heavy (non-hydrogen) atoms. The van der Waals surface area contributed by atoms with Gasteiger partial charge in [0.15, 0.2) is 0 Å². The Labute approximate surface area is 514 Å². The van der Waals surface area contributed by atoms with Crippen LogP contribution in [0.25, 0.3) is 44.5 Å². The highest BCUT2D eigenvalue weighted by molar-refractivity contribution is 8.01. The third kappa shape index (κ3) is 8.51. The summed E-state index contributed by atoms with van der Waals surface area (Å²) >= 11 is 3.60. The Bertz CT molecular complexity index is 4860. The Kier molecular flexibility index (Phi) is 12.3. The van der Waals surface area contributed by atoms with Gasteiger partial charge in [0.25, 0.3) is 6.71 Å². The molecule has 0 atom stereocenters. The fraction of sp³-hybridized carbons (Fsp3) is 0. The van der Waals surface area contributed by atoms with Crippen LogP contribution in [0.5, 0.6) is 0 Å². The smallest absolute Gasteiger partial charge is 0.252 e. The average molecular weight is 1150 g/mol. The van der Waals surface area contributed by atoms with E-state index in [2.05, 4.69) is 277 Å². The van der Waals surface area contributed by atoms with Gasteiger partial charge >= 0.3 is 0 Å². The van der Waals surface area contributed by atoms with Crippen LogP contribution in [0.3, 0.4) is 0 Å². The van der Waals surface area contributed by atoms with Crippen molar-refractivity contribution in [3.05, 3.63) is 309 Å². The van der Waals surface area contributed by atoms with Crippen molar-refractivity contribution in [3.63, 3.8) is 0 Å². The summed E-state index contributed by atoms with van der Waals surface area (Å²) in [6, 6.07) is 104. The first-order chi connectivity index (χ1) is 43.0. The van der Waals surface area contributed by atoms with E-state index in [0.717, 1.165) is 106 Å². The molecule has 0 spiro atoms. The summed E-state index contributed by atoms with van der Waals surface area (Å²) in [6.45, 7) is -0.464. The van der Waals surface area contributed by atoms with Crippen molar-refractivity contribution in [2.24, 2.45) is 0 Å². The number of hydrogen-bond acceptors (Lipinski definition) is 5. The Balaban J connectivity index is 0.970. The summed E-state index contributed by atoms with van der Waals surface area (Å²) in [5.41, 5.74) is 22.4. The van der Waals surface area contributed by atoms with E-state index in [1.165, 1.54) is 49.3 Å². The maximum atomic E-state index is 17.7. The number of anilines is 9. The molecule has 0 N–H and O–H groups in total. The molecular weight excluding hydrogens is 1100 g/mol. The Morgan fingerprint density at radius 1 is 0.276 bits per heavy atom. The van der Waals surface area contributed by atoms with Gasteiger partial charge in [-0.25, -0.2) is 8.78 Å². The monoisotopic (exact) mass is 1150 g/mol. The summed E-state index contributed by atoms with van der Waals surface area (Å²) in [4.78, 5) is 11.3. The average Bonchev–Trinajstić information content (AvgIpc) is 0.995. The summed E-state index contributed by atoms with van der Waals surface area (Å²) in [5.74, 6) is -1.31. The van der Waals surface area contributed by atoms with Crippen molar-refractivity contribution in [2.45, 2.75) is 19.6 Å². The van der Waals surface area contributed by atoms with Crippen LogP contribution in [0.15, 0.2) is 317 Å². The lowest BCUT2D eigenvalue weighted by Crippen LogP contribution is -2.64. The van der Waals surface area contributed by atoms with Gasteiger partial charge in [-0.3, -0.25) is 0 Å². The van der Waals surface area contributed by atoms with Gasteiger partial charge in [0.1, 0.15) is 17.3 Å². The van der Waals surface area contributed by atoms with Crippen molar-refractivity contribution in [1.29, 1.82) is 0 Å². The minimum Gasteiger partial charge on any atom is -0.311 e. The number of benzene rings is 13. The molecule has 13 aromatic rings. The van der Waals surface area contributed by atoms with Gasteiger partial charge in [0.2, 0.25) is 6.71 Å². The van der Waals surface area contributed by atoms with Gasteiger partial charge in [0.05, 0.1) is 11.4 Å². The second-order valence-corrected chi connectivity index (χ2v) is 24.7. The molecule has 0 saturated heterocycles. The standard InChI is InChI=1S/C78H49B2F2N3S2/c81-65-34-20-35-66(82)78(65)85-69-49-73-64(80-62-33-15-18-38-72(62)86-74-44-56(45-75(87-73)77(74)80)52-25-9-3-10-26-52)48-63(69)79-61-32-14-17-37-68(61)84(67-36-16-13-31-60(67)54-27-11-4-12-28-54)70-46-59(47-71(85)76(70)79)83(57-41-39-53(40-42-57)50-21-5-1-6-22-50)58-30-19-29-55(43-58)51-23-7-2-8-24-51/h1-49H. The molecule has 4 aliphatic heterocycles. The molecule has 3 nitrogen and oxygen atoms in total. The molecule has 17 rings (SSSR count). The van der Waals surface area contributed by atoms with Gasteiger partial charge in [-0.1, -0.05) is 247 Å². The molecule has 9 heteroatoms. The molecule has 0 aliphatic carbocycles. The van der Waals surface area contributed by atoms with Crippen molar-refractivity contribution < 1.29 is 8.78 Å². The van der Waals surface area contributed by atoms with Crippen LogP contribution in [0.1, 0.15) is 0 Å². The molecule has 0 bridgehead atoms. The minimum absolute atomic E-state index is 0.0951. The summed E-state index contributed by atoms with van der Waals surface area (Å²) in [6.07, 6.45) is 0. The van der Waals surface area contributed by atoms with Crippen molar-refractivity contribution >= 4 is 121 Å². The van der Waals surface area contributed by atoms with Crippen molar-refractivity contribution in [3.8, 4) is 44.5 Å². The highest BCUT2D eigenvalue weighted by Crippen LogP contribution is 2.52. The lowest BCUT2D eigenvalue weighted by molar-refractivity contribution is 0.586. The first kappa shape index (κ1) is 51.4. The lowest BCUT2D eigenvalue weighted by Gasteiger charge is -2.46. The summed E-state index contributed by atoms with van der Waals surface area (Å²) < 4.78 is 35.4. The van der Waals surface area contributed by atoms with Crippen LogP contribution in [0.4, 0.5) is 60.0 Å². The SMILES string of the molecule is Fc1cccc(F)c1N1c2cc3c(cc2B2c4ccccc4N(c4ccccc4-c4ccccc4)c4cc(N(c5ccc(-c6ccccc6)cc5)c5cccc(-c6ccccc6)c5)cc1c42)B1c2ccccc2Sc2cc(-c4ccccc4)cc(c21)S3. The van der Waals surface area contributed by atoms with Crippen molar-refractivity contribution in [2.75, 3.05) is 14.7 Å². The highest BCUT2D eigenvalue weighted by atomic mass is 32.2. The minimum atomic E-state index is -0.656. The topological polar surface area (TPSA) is 9.72 Å². The van der Waals surface area contributed by atoms with Crippen LogP contribution >= 0.6 is 23.5 Å². The zero-order chi connectivity index (χ0) is 57.7. The molecule has 0 radical (unpaired) electrons. The fourth-order valence-electron chi connectivity index (χ4n) is 13.9. The van der Waals surface area contributed by atoms with Gasteiger partial charge in [-0.2, -0.15) is 0 Å². The van der Waals surface area contributed by atoms with Gasteiger partial charge in [-0.05, 0) is 146 Å². The molecule has 408 valence electrons. The van der Waals surface area contributed by atoms with Crippen LogP contribution in [-0.2, 0) is 0 Å². The van der Waals surface area contributed by atoms with E-state index in [1.807, 2.05) is 28.8 Å².